The average Bonchev–Trinajstić information content (AvgIpc) is 2.67. The number of terminal acetylenes is 1. The minimum absolute atomic E-state index is 0.304. The molecule has 0 spiro atoms. The number of nitrogens with zero attached hydrogens (tertiary/aromatic N) is 1. The van der Waals surface area contributed by atoms with Crippen molar-refractivity contribution >= 4 is 11.8 Å². The summed E-state index contributed by atoms with van der Waals surface area (Å²) in [6.45, 7) is 4.92. The van der Waals surface area contributed by atoms with Crippen molar-refractivity contribution in [2.75, 3.05) is 31.2 Å². The monoisotopic (exact) mass is 333 g/mol. The lowest BCUT2D eigenvalue weighted by Crippen LogP contribution is -2.32. The van der Waals surface area contributed by atoms with Crippen molar-refractivity contribution < 1.29 is 9.47 Å². The second kappa shape index (κ2) is 8.30. The molecule has 1 aliphatic heterocycles. The highest BCUT2D eigenvalue weighted by Gasteiger charge is 2.15. The lowest BCUT2D eigenvalue weighted by Gasteiger charge is -2.30. The lowest BCUT2D eigenvalue weighted by molar-refractivity contribution is 0.309. The molecule has 1 aliphatic rings. The van der Waals surface area contributed by atoms with Crippen LogP contribution in [0.5, 0.6) is 11.5 Å². The number of para-hydroxylation sites is 2. The van der Waals surface area contributed by atoms with Crippen LogP contribution in [0.2, 0.25) is 0 Å². The Labute approximate surface area is 149 Å². The number of anilines is 1. The fourth-order valence-corrected chi connectivity index (χ4v) is 2.97. The maximum Gasteiger partial charge on any atom is 0.148 e. The molecule has 0 aliphatic carbocycles. The van der Waals surface area contributed by atoms with Crippen LogP contribution >= 0.6 is 0 Å². The zero-order valence-electron chi connectivity index (χ0n) is 14.6. The van der Waals surface area contributed by atoms with E-state index in [9.17, 15) is 0 Å². The molecule has 0 unspecified atom stereocenters. The SMILES string of the molecule is C#CCOc1ccc(/C=C/CN2CCOc3ccccc32)cc1CC. The van der Waals surface area contributed by atoms with Crippen LogP contribution in [0.3, 0.4) is 0 Å². The molecule has 0 radical (unpaired) electrons. The third-order valence-corrected chi connectivity index (χ3v) is 4.24. The van der Waals surface area contributed by atoms with Gasteiger partial charge in [-0.2, -0.15) is 0 Å². The molecule has 25 heavy (non-hydrogen) atoms. The molecule has 0 atom stereocenters. The number of benzene rings is 2. The molecular formula is C22H23NO2. The molecular weight excluding hydrogens is 310 g/mol. The van der Waals surface area contributed by atoms with Crippen molar-refractivity contribution in [2.45, 2.75) is 13.3 Å². The Hall–Kier alpha value is -2.86. The Morgan fingerprint density at radius 3 is 3.00 bits per heavy atom. The first-order valence-corrected chi connectivity index (χ1v) is 8.64. The van der Waals surface area contributed by atoms with Crippen molar-refractivity contribution in [3.63, 3.8) is 0 Å². The summed E-state index contributed by atoms with van der Waals surface area (Å²) in [6.07, 6.45) is 10.5. The van der Waals surface area contributed by atoms with Gasteiger partial charge >= 0.3 is 0 Å². The van der Waals surface area contributed by atoms with Crippen LogP contribution in [-0.4, -0.2) is 26.3 Å². The largest absolute Gasteiger partial charge is 0.490 e. The fraction of sp³-hybridized carbons (Fsp3) is 0.273. The van der Waals surface area contributed by atoms with Crippen molar-refractivity contribution in [1.82, 2.24) is 0 Å². The van der Waals surface area contributed by atoms with Crippen LogP contribution in [0.15, 0.2) is 48.5 Å². The van der Waals surface area contributed by atoms with Gasteiger partial charge < -0.3 is 14.4 Å². The quantitative estimate of drug-likeness (QED) is 0.741. The van der Waals surface area contributed by atoms with Gasteiger partial charge in [-0.3, -0.25) is 0 Å². The summed E-state index contributed by atoms with van der Waals surface area (Å²) in [4.78, 5) is 2.33. The third kappa shape index (κ3) is 4.16. The molecule has 0 N–H and O–H groups in total. The maximum absolute atomic E-state index is 5.70. The minimum atomic E-state index is 0.304. The summed E-state index contributed by atoms with van der Waals surface area (Å²) in [6, 6.07) is 14.4. The molecule has 0 fully saturated rings. The first-order chi connectivity index (χ1) is 12.3. The molecule has 128 valence electrons. The van der Waals surface area contributed by atoms with E-state index in [1.54, 1.807) is 0 Å². The molecule has 0 amide bonds. The molecule has 3 heteroatoms. The lowest BCUT2D eigenvalue weighted by atomic mass is 10.1. The van der Waals surface area contributed by atoms with Crippen LogP contribution in [-0.2, 0) is 6.42 Å². The fourth-order valence-electron chi connectivity index (χ4n) is 2.97. The van der Waals surface area contributed by atoms with Crippen molar-refractivity contribution in [3.05, 3.63) is 59.7 Å². The Kier molecular flexibility index (Phi) is 5.64. The highest BCUT2D eigenvalue weighted by atomic mass is 16.5. The van der Waals surface area contributed by atoms with E-state index in [4.69, 9.17) is 15.9 Å². The van der Waals surface area contributed by atoms with Gasteiger partial charge in [0.25, 0.3) is 0 Å². The second-order valence-electron chi connectivity index (χ2n) is 5.88. The van der Waals surface area contributed by atoms with E-state index < -0.39 is 0 Å². The molecule has 2 aromatic carbocycles. The van der Waals surface area contributed by atoms with Crippen LogP contribution in [0.1, 0.15) is 18.1 Å². The van der Waals surface area contributed by atoms with E-state index in [1.807, 2.05) is 24.3 Å². The molecule has 3 nitrogen and oxygen atoms in total. The number of rotatable bonds is 6. The highest BCUT2D eigenvalue weighted by molar-refractivity contribution is 5.61. The summed E-state index contributed by atoms with van der Waals surface area (Å²) < 4.78 is 11.3. The average molecular weight is 333 g/mol. The van der Waals surface area contributed by atoms with Gasteiger partial charge in [0, 0.05) is 6.54 Å². The Morgan fingerprint density at radius 2 is 2.16 bits per heavy atom. The third-order valence-electron chi connectivity index (χ3n) is 4.24. The molecule has 0 bridgehead atoms. The van der Waals surface area contributed by atoms with Gasteiger partial charge in [-0.15, -0.1) is 6.42 Å². The van der Waals surface area contributed by atoms with Gasteiger partial charge in [-0.25, -0.2) is 0 Å². The second-order valence-corrected chi connectivity index (χ2v) is 5.88. The van der Waals surface area contributed by atoms with Gasteiger partial charge in [0.05, 0.1) is 12.2 Å². The number of hydrogen-bond acceptors (Lipinski definition) is 3. The molecule has 3 rings (SSSR count). The van der Waals surface area contributed by atoms with Gasteiger partial charge in [0.1, 0.15) is 24.7 Å². The van der Waals surface area contributed by atoms with Crippen molar-refractivity contribution in [1.29, 1.82) is 0 Å². The van der Waals surface area contributed by atoms with Crippen molar-refractivity contribution in [2.24, 2.45) is 0 Å². The molecule has 0 saturated heterocycles. The number of hydrogen-bond donors (Lipinski definition) is 0. The van der Waals surface area contributed by atoms with E-state index in [1.165, 1.54) is 11.1 Å². The summed E-state index contributed by atoms with van der Waals surface area (Å²) >= 11 is 0. The molecule has 0 saturated carbocycles. The van der Waals surface area contributed by atoms with E-state index >= 15 is 0 Å². The number of fused-ring (bicyclic) bond motifs is 1. The van der Waals surface area contributed by atoms with E-state index in [2.05, 4.69) is 48.1 Å². The zero-order valence-corrected chi connectivity index (χ0v) is 14.6. The molecule has 0 aromatic heterocycles. The van der Waals surface area contributed by atoms with Crippen LogP contribution in [0.25, 0.3) is 6.08 Å². The smallest absolute Gasteiger partial charge is 0.148 e. The standard InChI is InChI=1S/C22H23NO2/c1-3-15-24-21-12-11-18(17-19(21)4-2)8-7-13-23-14-16-25-22-10-6-5-9-20(22)23/h1,5-12,17H,4,13-16H2,2H3/b8-7+. The predicted molar refractivity (Wildman–Crippen MR) is 103 cm³/mol. The van der Waals surface area contributed by atoms with Crippen LogP contribution < -0.4 is 14.4 Å². The Balaban J connectivity index is 1.68. The van der Waals surface area contributed by atoms with Gasteiger partial charge in [-0.05, 0) is 41.8 Å². The summed E-state index contributed by atoms with van der Waals surface area (Å²) in [7, 11) is 0. The number of ether oxygens (including phenoxy) is 2. The first-order valence-electron chi connectivity index (χ1n) is 8.64. The Morgan fingerprint density at radius 1 is 1.28 bits per heavy atom. The Bertz CT molecular complexity index is 789. The normalized spacial score (nSPS) is 13.2. The first kappa shape index (κ1) is 17.0. The van der Waals surface area contributed by atoms with Gasteiger partial charge in [0.2, 0.25) is 0 Å². The van der Waals surface area contributed by atoms with Gasteiger partial charge in [-0.1, -0.05) is 43.2 Å². The minimum Gasteiger partial charge on any atom is -0.490 e. The van der Waals surface area contributed by atoms with Crippen molar-refractivity contribution in [3.8, 4) is 23.8 Å². The van der Waals surface area contributed by atoms with Crippen LogP contribution in [0, 0.1) is 12.3 Å². The molecule has 1 heterocycles. The summed E-state index contributed by atoms with van der Waals surface area (Å²) in [5.74, 6) is 4.35. The summed E-state index contributed by atoms with van der Waals surface area (Å²) in [5, 5.41) is 0. The van der Waals surface area contributed by atoms with E-state index in [-0.39, 0.29) is 0 Å². The predicted octanol–water partition coefficient (Wildman–Crippen LogP) is 4.17. The van der Waals surface area contributed by atoms with Crippen LogP contribution in [0.4, 0.5) is 5.69 Å². The maximum atomic E-state index is 5.70. The van der Waals surface area contributed by atoms with Gasteiger partial charge in [0.15, 0.2) is 0 Å². The van der Waals surface area contributed by atoms with E-state index in [0.29, 0.717) is 6.61 Å². The van der Waals surface area contributed by atoms with E-state index in [0.717, 1.165) is 43.3 Å². The zero-order chi connectivity index (χ0) is 17.5. The summed E-state index contributed by atoms with van der Waals surface area (Å²) in [5.41, 5.74) is 3.51. The topological polar surface area (TPSA) is 21.7 Å². The molecule has 2 aromatic rings. The highest BCUT2D eigenvalue weighted by Crippen LogP contribution is 2.30. The number of aryl methyl sites for hydroxylation is 1.